The molecule has 1 fully saturated rings. The van der Waals surface area contributed by atoms with E-state index in [2.05, 4.69) is 32.6 Å². The molecule has 0 bridgehead atoms. The Labute approximate surface area is 104 Å². The van der Waals surface area contributed by atoms with Crippen LogP contribution in [0, 0.1) is 0 Å². The Morgan fingerprint density at radius 3 is 2.69 bits per heavy atom. The van der Waals surface area contributed by atoms with Gasteiger partial charge >= 0.3 is 0 Å². The van der Waals surface area contributed by atoms with Gasteiger partial charge in [-0.3, -0.25) is 4.90 Å². The molecule has 1 heterocycles. The van der Waals surface area contributed by atoms with Gasteiger partial charge in [-0.25, -0.2) is 0 Å². The lowest BCUT2D eigenvalue weighted by atomic mass is 10.2. The smallest absolute Gasteiger partial charge is 0.0933 e. The third-order valence-corrected chi connectivity index (χ3v) is 4.00. The van der Waals surface area contributed by atoms with Crippen LogP contribution in [-0.4, -0.2) is 59.0 Å². The average molecular weight is 247 g/mol. The predicted octanol–water partition coefficient (Wildman–Crippen LogP) is 1.60. The van der Waals surface area contributed by atoms with E-state index in [1.165, 1.54) is 0 Å². The molecule has 0 amide bonds. The largest absolute Gasteiger partial charge is 0.394 e. The van der Waals surface area contributed by atoms with Crippen LogP contribution in [0.5, 0.6) is 0 Å². The highest BCUT2D eigenvalue weighted by molar-refractivity contribution is 8.00. The third-order valence-electron chi connectivity index (χ3n) is 2.75. The Kier molecular flexibility index (Phi) is 5.57. The number of hydrogen-bond acceptors (Lipinski definition) is 4. The van der Waals surface area contributed by atoms with Gasteiger partial charge in [-0.05, 0) is 6.92 Å². The monoisotopic (exact) mass is 247 g/mol. The van der Waals surface area contributed by atoms with E-state index in [4.69, 9.17) is 9.84 Å². The summed E-state index contributed by atoms with van der Waals surface area (Å²) in [6.07, 6.45) is 0.0100. The van der Waals surface area contributed by atoms with Crippen LogP contribution in [0.3, 0.4) is 0 Å². The zero-order valence-electron chi connectivity index (χ0n) is 10.9. The summed E-state index contributed by atoms with van der Waals surface area (Å²) in [7, 11) is 0. The van der Waals surface area contributed by atoms with Crippen molar-refractivity contribution in [1.29, 1.82) is 0 Å². The minimum atomic E-state index is 0.0100. The minimum absolute atomic E-state index is 0.0100. The molecule has 3 nitrogen and oxygen atoms in total. The topological polar surface area (TPSA) is 32.7 Å². The van der Waals surface area contributed by atoms with Crippen LogP contribution in [0.15, 0.2) is 0 Å². The summed E-state index contributed by atoms with van der Waals surface area (Å²) >= 11 is 1.99. The van der Waals surface area contributed by atoms with Gasteiger partial charge in [0.1, 0.15) is 0 Å². The highest BCUT2D eigenvalue weighted by Gasteiger charge is 2.25. The summed E-state index contributed by atoms with van der Waals surface area (Å²) in [5.41, 5.74) is 0. The van der Waals surface area contributed by atoms with Gasteiger partial charge in [0.15, 0.2) is 0 Å². The van der Waals surface area contributed by atoms with E-state index in [9.17, 15) is 0 Å². The van der Waals surface area contributed by atoms with Crippen molar-refractivity contribution in [1.82, 2.24) is 4.90 Å². The first kappa shape index (κ1) is 14.3. The molecule has 1 saturated heterocycles. The molecule has 1 aliphatic rings. The maximum Gasteiger partial charge on any atom is 0.0933 e. The van der Waals surface area contributed by atoms with E-state index in [-0.39, 0.29) is 12.7 Å². The Hall–Kier alpha value is 0.230. The molecule has 0 saturated carbocycles. The van der Waals surface area contributed by atoms with Gasteiger partial charge in [0.2, 0.25) is 0 Å². The van der Waals surface area contributed by atoms with E-state index in [0.717, 1.165) is 25.4 Å². The molecule has 0 spiro atoms. The summed E-state index contributed by atoms with van der Waals surface area (Å²) in [4.78, 5) is 2.42. The number of morpholine rings is 1. The SMILES string of the molecule is C[C@@H]1CO[C@H](CO)CN1CCSC(C)(C)C. The second-order valence-electron chi connectivity index (χ2n) is 5.44. The second-order valence-corrected chi connectivity index (χ2v) is 7.36. The predicted molar refractivity (Wildman–Crippen MR) is 70.1 cm³/mol. The number of hydrogen-bond donors (Lipinski definition) is 1. The molecular weight excluding hydrogens is 222 g/mol. The fourth-order valence-electron chi connectivity index (χ4n) is 1.77. The lowest BCUT2D eigenvalue weighted by Crippen LogP contribution is -2.50. The first-order valence-corrected chi connectivity index (χ1v) is 7.01. The molecule has 0 aromatic rings. The van der Waals surface area contributed by atoms with E-state index >= 15 is 0 Å². The van der Waals surface area contributed by atoms with Crippen molar-refractivity contribution in [3.05, 3.63) is 0 Å². The molecular formula is C12H25NO2S. The highest BCUT2D eigenvalue weighted by atomic mass is 32.2. The van der Waals surface area contributed by atoms with E-state index < -0.39 is 0 Å². The maximum absolute atomic E-state index is 9.09. The van der Waals surface area contributed by atoms with Crippen LogP contribution in [0.1, 0.15) is 27.7 Å². The van der Waals surface area contributed by atoms with Crippen LogP contribution in [-0.2, 0) is 4.74 Å². The maximum atomic E-state index is 9.09. The number of rotatable bonds is 4. The first-order valence-electron chi connectivity index (χ1n) is 6.03. The van der Waals surface area contributed by atoms with Gasteiger partial charge in [0.05, 0.1) is 19.3 Å². The molecule has 0 unspecified atom stereocenters. The quantitative estimate of drug-likeness (QED) is 0.818. The Bertz CT molecular complexity index is 206. The fraction of sp³-hybridized carbons (Fsp3) is 1.00. The highest BCUT2D eigenvalue weighted by Crippen LogP contribution is 2.23. The van der Waals surface area contributed by atoms with Crippen molar-refractivity contribution in [2.24, 2.45) is 0 Å². The molecule has 96 valence electrons. The van der Waals surface area contributed by atoms with E-state index in [1.807, 2.05) is 11.8 Å². The molecule has 0 aliphatic carbocycles. The van der Waals surface area contributed by atoms with Crippen molar-refractivity contribution in [2.45, 2.75) is 44.6 Å². The Morgan fingerprint density at radius 1 is 1.44 bits per heavy atom. The third kappa shape index (κ3) is 5.04. The van der Waals surface area contributed by atoms with Crippen molar-refractivity contribution in [3.63, 3.8) is 0 Å². The van der Waals surface area contributed by atoms with Crippen LogP contribution in [0.25, 0.3) is 0 Å². The van der Waals surface area contributed by atoms with Crippen molar-refractivity contribution >= 4 is 11.8 Å². The fourth-order valence-corrected chi connectivity index (χ4v) is 2.70. The standard InChI is InChI=1S/C12H25NO2S/c1-10-9-15-11(8-14)7-13(10)5-6-16-12(2,3)4/h10-11,14H,5-9H2,1-4H3/t10-,11+/m1/s1. The van der Waals surface area contributed by atoms with Gasteiger partial charge in [-0.2, -0.15) is 11.8 Å². The number of nitrogens with zero attached hydrogens (tertiary/aromatic N) is 1. The summed E-state index contributed by atoms with van der Waals surface area (Å²) in [6.45, 7) is 11.8. The van der Waals surface area contributed by atoms with Gasteiger partial charge < -0.3 is 9.84 Å². The number of aliphatic hydroxyl groups is 1. The lowest BCUT2D eigenvalue weighted by Gasteiger charge is -2.37. The number of aliphatic hydroxyl groups excluding tert-OH is 1. The average Bonchev–Trinajstić information content (AvgIpc) is 2.19. The van der Waals surface area contributed by atoms with Crippen molar-refractivity contribution < 1.29 is 9.84 Å². The van der Waals surface area contributed by atoms with Crippen LogP contribution >= 0.6 is 11.8 Å². The van der Waals surface area contributed by atoms with E-state index in [0.29, 0.717) is 10.8 Å². The van der Waals surface area contributed by atoms with Crippen molar-refractivity contribution in [3.8, 4) is 0 Å². The van der Waals surface area contributed by atoms with Crippen LogP contribution in [0.4, 0.5) is 0 Å². The lowest BCUT2D eigenvalue weighted by molar-refractivity contribution is -0.0757. The number of ether oxygens (including phenoxy) is 1. The van der Waals surface area contributed by atoms with Gasteiger partial charge in [-0.1, -0.05) is 20.8 Å². The van der Waals surface area contributed by atoms with Crippen LogP contribution in [0.2, 0.25) is 0 Å². The molecule has 2 atom stereocenters. The minimum Gasteiger partial charge on any atom is -0.394 e. The number of thioether (sulfide) groups is 1. The summed E-state index contributed by atoms with van der Waals surface area (Å²) in [5, 5.41) is 9.09. The molecule has 0 radical (unpaired) electrons. The zero-order valence-corrected chi connectivity index (χ0v) is 11.7. The van der Waals surface area contributed by atoms with Gasteiger partial charge in [0, 0.05) is 29.6 Å². The summed E-state index contributed by atoms with van der Waals surface area (Å²) < 4.78 is 5.86. The molecule has 4 heteroatoms. The Morgan fingerprint density at radius 2 is 2.12 bits per heavy atom. The molecule has 16 heavy (non-hydrogen) atoms. The summed E-state index contributed by atoms with van der Waals surface area (Å²) in [6, 6.07) is 0.475. The molecule has 1 rings (SSSR count). The van der Waals surface area contributed by atoms with Crippen LogP contribution < -0.4 is 0 Å². The molecule has 0 aromatic carbocycles. The summed E-state index contributed by atoms with van der Waals surface area (Å²) in [5.74, 6) is 1.14. The van der Waals surface area contributed by atoms with E-state index in [1.54, 1.807) is 0 Å². The zero-order chi connectivity index (χ0) is 12.2. The molecule has 0 aromatic heterocycles. The first-order chi connectivity index (χ1) is 7.42. The molecule has 1 aliphatic heterocycles. The van der Waals surface area contributed by atoms with Gasteiger partial charge in [0.25, 0.3) is 0 Å². The normalized spacial score (nSPS) is 28.3. The molecule has 1 N–H and O–H groups in total. The second kappa shape index (κ2) is 6.24. The Balaban J connectivity index is 2.28. The van der Waals surface area contributed by atoms with Crippen molar-refractivity contribution in [2.75, 3.05) is 32.1 Å². The van der Waals surface area contributed by atoms with Gasteiger partial charge in [-0.15, -0.1) is 0 Å².